The molecule has 2 aromatic rings. The summed E-state index contributed by atoms with van der Waals surface area (Å²) in [5, 5.41) is 2.66. The van der Waals surface area contributed by atoms with Gasteiger partial charge < -0.3 is 10.3 Å². The fourth-order valence-corrected chi connectivity index (χ4v) is 1.40. The predicted octanol–water partition coefficient (Wildman–Crippen LogP) is 1.59. The molecule has 90 valence electrons. The summed E-state index contributed by atoms with van der Waals surface area (Å²) < 4.78 is 0. The molecule has 18 heavy (non-hydrogen) atoms. The van der Waals surface area contributed by atoms with Crippen molar-refractivity contribution in [2.45, 2.75) is 0 Å². The number of imidazole rings is 1. The van der Waals surface area contributed by atoms with Gasteiger partial charge in [-0.25, -0.2) is 15.0 Å². The Labute approximate surface area is 103 Å². The Hall–Kier alpha value is -2.76. The molecule has 6 heteroatoms. The maximum absolute atomic E-state index is 11.9. The minimum Gasteiger partial charge on any atom is -0.340 e. The lowest BCUT2D eigenvalue weighted by molar-refractivity contribution is -0.112. The third kappa shape index (κ3) is 2.17. The summed E-state index contributed by atoms with van der Waals surface area (Å²) in [6.45, 7) is 7.10. The maximum Gasteiger partial charge on any atom is 0.256 e. The lowest BCUT2D eigenvalue weighted by Crippen LogP contribution is -2.14. The van der Waals surface area contributed by atoms with E-state index in [1.165, 1.54) is 24.8 Å². The molecule has 0 saturated heterocycles. The predicted molar refractivity (Wildman–Crippen MR) is 68.8 cm³/mol. The normalized spacial score (nSPS) is 11.2. The molecule has 1 amide bonds. The second-order valence-corrected chi connectivity index (χ2v) is 3.34. The highest BCUT2D eigenvalue weighted by Crippen LogP contribution is 2.15. The molecule has 0 radical (unpaired) electrons. The number of hydrogen-bond acceptors (Lipinski definition) is 4. The summed E-state index contributed by atoms with van der Waals surface area (Å²) in [7, 11) is 0. The highest BCUT2D eigenvalue weighted by molar-refractivity contribution is 6.07. The number of aromatic nitrogens is 4. The molecule has 0 spiro atoms. The highest BCUT2D eigenvalue weighted by atomic mass is 16.1. The molecule has 0 atom stereocenters. The molecule has 2 aromatic heterocycles. The number of allylic oxidation sites excluding steroid dienone is 2. The Morgan fingerprint density at radius 1 is 1.33 bits per heavy atom. The standard InChI is InChI=1S/C12H11N5O/c1-3-5-8(4-2)12(18)17-11-9-10(14-6-13-9)15-7-16-11/h3-7H,1-2H2,(H2,13,14,15,16,17,18)/b8-5+. The van der Waals surface area contributed by atoms with Gasteiger partial charge >= 0.3 is 0 Å². The molecule has 0 saturated carbocycles. The Morgan fingerprint density at radius 3 is 2.89 bits per heavy atom. The molecule has 0 aromatic carbocycles. The Bertz CT molecular complexity index is 641. The number of nitrogens with one attached hydrogen (secondary N) is 2. The van der Waals surface area contributed by atoms with Crippen LogP contribution in [-0.4, -0.2) is 25.8 Å². The van der Waals surface area contributed by atoms with Gasteiger partial charge in [-0.2, -0.15) is 0 Å². The van der Waals surface area contributed by atoms with E-state index in [1.807, 2.05) is 0 Å². The number of H-pyrrole nitrogens is 1. The fourth-order valence-electron chi connectivity index (χ4n) is 1.40. The average molecular weight is 241 g/mol. The molecular formula is C12H11N5O. The van der Waals surface area contributed by atoms with Gasteiger partial charge in [0.25, 0.3) is 5.91 Å². The lowest BCUT2D eigenvalue weighted by Gasteiger charge is -2.04. The summed E-state index contributed by atoms with van der Waals surface area (Å²) in [6, 6.07) is 0. The topological polar surface area (TPSA) is 83.6 Å². The average Bonchev–Trinajstić information content (AvgIpc) is 2.85. The SMILES string of the molecule is C=C/C=C(\C=C)C(=O)Nc1ncnc2nc[nH]c12. The molecule has 2 heterocycles. The van der Waals surface area contributed by atoms with Gasteiger partial charge in [0, 0.05) is 5.57 Å². The van der Waals surface area contributed by atoms with Crippen molar-refractivity contribution in [3.05, 3.63) is 49.6 Å². The number of nitrogens with zero attached hydrogens (tertiary/aromatic N) is 3. The van der Waals surface area contributed by atoms with E-state index in [0.29, 0.717) is 22.6 Å². The lowest BCUT2D eigenvalue weighted by atomic mass is 10.2. The molecule has 0 aliphatic carbocycles. The van der Waals surface area contributed by atoms with Crippen molar-refractivity contribution < 1.29 is 4.79 Å². The first-order valence-electron chi connectivity index (χ1n) is 5.17. The van der Waals surface area contributed by atoms with Gasteiger partial charge in [0.2, 0.25) is 0 Å². The van der Waals surface area contributed by atoms with Crippen LogP contribution >= 0.6 is 0 Å². The molecular weight excluding hydrogens is 230 g/mol. The van der Waals surface area contributed by atoms with Gasteiger partial charge in [-0.05, 0) is 0 Å². The number of amides is 1. The minimum atomic E-state index is -0.320. The van der Waals surface area contributed by atoms with E-state index < -0.39 is 0 Å². The molecule has 2 rings (SSSR count). The summed E-state index contributed by atoms with van der Waals surface area (Å²) >= 11 is 0. The number of carbonyl (C=O) groups excluding carboxylic acids is 1. The Kier molecular flexibility index (Phi) is 3.29. The van der Waals surface area contributed by atoms with Crippen molar-refractivity contribution in [3.8, 4) is 0 Å². The number of hydrogen-bond donors (Lipinski definition) is 2. The molecule has 0 aliphatic heterocycles. The van der Waals surface area contributed by atoms with Crippen LogP contribution in [0.4, 0.5) is 5.82 Å². The summed E-state index contributed by atoms with van der Waals surface area (Å²) in [5.74, 6) is 0.0545. The van der Waals surface area contributed by atoms with Crippen molar-refractivity contribution in [2.24, 2.45) is 0 Å². The van der Waals surface area contributed by atoms with Crippen LogP contribution in [0.1, 0.15) is 0 Å². The first kappa shape index (κ1) is 11.7. The van der Waals surface area contributed by atoms with Crippen molar-refractivity contribution in [1.29, 1.82) is 0 Å². The number of rotatable bonds is 4. The third-order valence-corrected chi connectivity index (χ3v) is 2.23. The number of aromatic amines is 1. The number of fused-ring (bicyclic) bond motifs is 1. The fraction of sp³-hybridized carbons (Fsp3) is 0. The zero-order chi connectivity index (χ0) is 13.0. The minimum absolute atomic E-state index is 0.320. The third-order valence-electron chi connectivity index (χ3n) is 2.23. The van der Waals surface area contributed by atoms with E-state index in [9.17, 15) is 4.79 Å². The quantitative estimate of drug-likeness (QED) is 0.629. The highest BCUT2D eigenvalue weighted by Gasteiger charge is 2.10. The van der Waals surface area contributed by atoms with E-state index in [4.69, 9.17) is 0 Å². The van der Waals surface area contributed by atoms with Crippen LogP contribution < -0.4 is 5.32 Å². The monoisotopic (exact) mass is 241 g/mol. The van der Waals surface area contributed by atoms with Gasteiger partial charge in [-0.15, -0.1) is 0 Å². The second-order valence-electron chi connectivity index (χ2n) is 3.34. The van der Waals surface area contributed by atoms with Crippen LogP contribution in [0.25, 0.3) is 11.2 Å². The van der Waals surface area contributed by atoms with Crippen molar-refractivity contribution in [2.75, 3.05) is 5.32 Å². The van der Waals surface area contributed by atoms with Gasteiger partial charge in [-0.3, -0.25) is 4.79 Å². The molecule has 2 N–H and O–H groups in total. The zero-order valence-corrected chi connectivity index (χ0v) is 9.55. The summed E-state index contributed by atoms with van der Waals surface area (Å²) in [5.41, 5.74) is 1.47. The summed E-state index contributed by atoms with van der Waals surface area (Å²) in [4.78, 5) is 26.7. The van der Waals surface area contributed by atoms with E-state index in [1.54, 1.807) is 6.08 Å². The van der Waals surface area contributed by atoms with Crippen LogP contribution in [0.15, 0.2) is 49.6 Å². The Balaban J connectivity index is 2.31. The second kappa shape index (κ2) is 5.05. The van der Waals surface area contributed by atoms with Crippen LogP contribution in [0.5, 0.6) is 0 Å². The van der Waals surface area contributed by atoms with Gasteiger partial charge in [0.15, 0.2) is 11.5 Å². The van der Waals surface area contributed by atoms with Crippen LogP contribution in [0.2, 0.25) is 0 Å². The first-order chi connectivity index (χ1) is 8.76. The first-order valence-corrected chi connectivity index (χ1v) is 5.17. The van der Waals surface area contributed by atoms with E-state index in [-0.39, 0.29) is 5.91 Å². The summed E-state index contributed by atoms with van der Waals surface area (Å²) in [6.07, 6.45) is 7.35. The van der Waals surface area contributed by atoms with E-state index in [0.717, 1.165) is 0 Å². The van der Waals surface area contributed by atoms with Crippen molar-refractivity contribution >= 4 is 22.9 Å². The van der Waals surface area contributed by atoms with Crippen molar-refractivity contribution in [3.63, 3.8) is 0 Å². The van der Waals surface area contributed by atoms with Crippen LogP contribution in [-0.2, 0) is 4.79 Å². The molecule has 0 aliphatic rings. The largest absolute Gasteiger partial charge is 0.340 e. The van der Waals surface area contributed by atoms with Gasteiger partial charge in [0.1, 0.15) is 11.8 Å². The molecule has 6 nitrogen and oxygen atoms in total. The number of carbonyl (C=O) groups is 1. The van der Waals surface area contributed by atoms with Crippen molar-refractivity contribution in [1.82, 2.24) is 19.9 Å². The van der Waals surface area contributed by atoms with Gasteiger partial charge in [-0.1, -0.05) is 31.4 Å². The molecule has 0 unspecified atom stereocenters. The van der Waals surface area contributed by atoms with Crippen LogP contribution in [0, 0.1) is 0 Å². The zero-order valence-electron chi connectivity index (χ0n) is 9.55. The maximum atomic E-state index is 11.9. The Morgan fingerprint density at radius 2 is 2.17 bits per heavy atom. The smallest absolute Gasteiger partial charge is 0.256 e. The number of anilines is 1. The van der Waals surface area contributed by atoms with Gasteiger partial charge in [0.05, 0.1) is 6.33 Å². The van der Waals surface area contributed by atoms with Crippen LogP contribution in [0.3, 0.4) is 0 Å². The van der Waals surface area contributed by atoms with E-state index in [2.05, 4.69) is 38.4 Å². The molecule has 0 fully saturated rings. The molecule has 0 bridgehead atoms. The van der Waals surface area contributed by atoms with E-state index >= 15 is 0 Å².